The molecule has 0 unspecified atom stereocenters. The molecule has 4 rings (SSSR count). The summed E-state index contributed by atoms with van der Waals surface area (Å²) in [4.78, 5) is 13.2. The molecule has 0 fully saturated rings. The summed E-state index contributed by atoms with van der Waals surface area (Å²) in [5.74, 6) is -0.155. The van der Waals surface area contributed by atoms with E-state index in [1.807, 2.05) is 78.9 Å². The van der Waals surface area contributed by atoms with E-state index >= 15 is 0 Å². The zero-order valence-corrected chi connectivity index (χ0v) is 14.9. The molecule has 2 N–H and O–H groups in total. The monoisotopic (exact) mass is 355 g/mol. The van der Waals surface area contributed by atoms with Gasteiger partial charge in [0.15, 0.2) is 0 Å². The largest absolute Gasteiger partial charge is 0.394 e. The Hall–Kier alpha value is -3.17. The van der Waals surface area contributed by atoms with Crippen molar-refractivity contribution in [2.24, 2.45) is 0 Å². The van der Waals surface area contributed by atoms with Crippen LogP contribution in [0.3, 0.4) is 0 Å². The van der Waals surface area contributed by atoms with Gasteiger partial charge in [0, 0.05) is 0 Å². The van der Waals surface area contributed by atoms with Crippen molar-refractivity contribution in [3.05, 3.63) is 96.1 Å². The van der Waals surface area contributed by atoms with Crippen LogP contribution in [0.4, 0.5) is 0 Å². The SMILES string of the molecule is O=C(N[C@H](CO)Cc1ccccc1)c1c2ccccc2cc2ccccc12. The molecule has 0 saturated carbocycles. The van der Waals surface area contributed by atoms with E-state index in [4.69, 9.17) is 0 Å². The Balaban J connectivity index is 1.72. The molecular formula is C24H21NO2. The zero-order valence-electron chi connectivity index (χ0n) is 14.9. The van der Waals surface area contributed by atoms with Gasteiger partial charge < -0.3 is 10.4 Å². The summed E-state index contributed by atoms with van der Waals surface area (Å²) in [6, 6.07) is 27.5. The van der Waals surface area contributed by atoms with Crippen molar-refractivity contribution >= 4 is 27.5 Å². The summed E-state index contributed by atoms with van der Waals surface area (Å²) < 4.78 is 0. The highest BCUT2D eigenvalue weighted by Gasteiger charge is 2.18. The van der Waals surface area contributed by atoms with E-state index in [2.05, 4.69) is 11.4 Å². The Kier molecular flexibility index (Phi) is 4.86. The molecule has 27 heavy (non-hydrogen) atoms. The maximum Gasteiger partial charge on any atom is 0.252 e. The van der Waals surface area contributed by atoms with Crippen LogP contribution in [0.2, 0.25) is 0 Å². The number of fused-ring (bicyclic) bond motifs is 2. The Bertz CT molecular complexity index is 1040. The van der Waals surface area contributed by atoms with E-state index in [-0.39, 0.29) is 18.6 Å². The van der Waals surface area contributed by atoms with Crippen molar-refractivity contribution in [3.8, 4) is 0 Å². The molecule has 0 saturated heterocycles. The van der Waals surface area contributed by atoms with E-state index in [9.17, 15) is 9.90 Å². The van der Waals surface area contributed by atoms with Gasteiger partial charge in [-0.25, -0.2) is 0 Å². The van der Waals surface area contributed by atoms with Gasteiger partial charge in [0.2, 0.25) is 0 Å². The third kappa shape index (κ3) is 3.55. The Morgan fingerprint density at radius 1 is 0.815 bits per heavy atom. The molecule has 0 aliphatic heterocycles. The number of hydrogen-bond donors (Lipinski definition) is 2. The Morgan fingerprint density at radius 3 is 1.96 bits per heavy atom. The first-order chi connectivity index (χ1) is 13.3. The summed E-state index contributed by atoms with van der Waals surface area (Å²) in [5.41, 5.74) is 1.75. The van der Waals surface area contributed by atoms with E-state index in [0.29, 0.717) is 12.0 Å². The third-order valence-corrected chi connectivity index (χ3v) is 4.88. The normalized spacial score (nSPS) is 12.2. The lowest BCUT2D eigenvalue weighted by molar-refractivity contribution is 0.0920. The number of amides is 1. The van der Waals surface area contributed by atoms with Crippen molar-refractivity contribution in [3.63, 3.8) is 0 Å². The van der Waals surface area contributed by atoms with E-state index in [1.165, 1.54) is 0 Å². The van der Waals surface area contributed by atoms with Gasteiger partial charge in [0.25, 0.3) is 5.91 Å². The van der Waals surface area contributed by atoms with Gasteiger partial charge in [-0.05, 0) is 39.6 Å². The predicted molar refractivity (Wildman–Crippen MR) is 110 cm³/mol. The molecule has 0 bridgehead atoms. The lowest BCUT2D eigenvalue weighted by Gasteiger charge is -2.18. The molecule has 0 aromatic heterocycles. The third-order valence-electron chi connectivity index (χ3n) is 4.88. The fraction of sp³-hybridized carbons (Fsp3) is 0.125. The number of carbonyl (C=O) groups is 1. The summed E-state index contributed by atoms with van der Waals surface area (Å²) in [5, 5.41) is 16.7. The molecule has 3 nitrogen and oxygen atoms in total. The highest BCUT2D eigenvalue weighted by atomic mass is 16.3. The van der Waals surface area contributed by atoms with E-state index in [0.717, 1.165) is 27.1 Å². The number of aliphatic hydroxyl groups excluding tert-OH is 1. The van der Waals surface area contributed by atoms with Crippen LogP contribution in [0.5, 0.6) is 0 Å². The first-order valence-corrected chi connectivity index (χ1v) is 9.12. The number of rotatable bonds is 5. The maximum atomic E-state index is 13.2. The van der Waals surface area contributed by atoms with Crippen LogP contribution < -0.4 is 5.32 Å². The van der Waals surface area contributed by atoms with Gasteiger partial charge in [-0.2, -0.15) is 0 Å². The minimum atomic E-state index is -0.336. The quantitative estimate of drug-likeness (QED) is 0.524. The molecule has 1 atom stereocenters. The van der Waals surface area contributed by atoms with Crippen molar-refractivity contribution < 1.29 is 9.90 Å². The molecule has 1 amide bonds. The number of benzene rings is 4. The van der Waals surface area contributed by atoms with Crippen molar-refractivity contribution in [2.75, 3.05) is 6.61 Å². The summed E-state index contributed by atoms with van der Waals surface area (Å²) in [7, 11) is 0. The topological polar surface area (TPSA) is 49.3 Å². The standard InChI is InChI=1S/C24H21NO2/c26-16-20(14-17-8-2-1-3-9-17)25-24(27)23-21-12-6-4-10-18(21)15-19-11-5-7-13-22(19)23/h1-13,15,20,26H,14,16H2,(H,25,27)/t20-/m0/s1. The average Bonchev–Trinajstić information content (AvgIpc) is 2.72. The van der Waals surface area contributed by atoms with Crippen LogP contribution in [0, 0.1) is 0 Å². The Labute approximate surface area is 158 Å². The lowest BCUT2D eigenvalue weighted by Crippen LogP contribution is -2.39. The first kappa shape index (κ1) is 17.3. The molecule has 0 aliphatic rings. The van der Waals surface area contributed by atoms with Crippen LogP contribution in [0.15, 0.2) is 84.9 Å². The van der Waals surface area contributed by atoms with Gasteiger partial charge in [-0.1, -0.05) is 78.9 Å². The van der Waals surface area contributed by atoms with Crippen LogP contribution in [0.1, 0.15) is 15.9 Å². The van der Waals surface area contributed by atoms with Crippen LogP contribution in [0.25, 0.3) is 21.5 Å². The Morgan fingerprint density at radius 2 is 1.37 bits per heavy atom. The number of hydrogen-bond acceptors (Lipinski definition) is 2. The number of carbonyl (C=O) groups excluding carboxylic acids is 1. The fourth-order valence-electron chi connectivity index (χ4n) is 3.58. The van der Waals surface area contributed by atoms with Crippen molar-refractivity contribution in [1.82, 2.24) is 5.32 Å². The molecule has 0 radical (unpaired) electrons. The van der Waals surface area contributed by atoms with E-state index < -0.39 is 0 Å². The van der Waals surface area contributed by atoms with E-state index in [1.54, 1.807) is 0 Å². The summed E-state index contributed by atoms with van der Waals surface area (Å²) in [6.45, 7) is -0.108. The van der Waals surface area contributed by atoms with Crippen LogP contribution >= 0.6 is 0 Å². The van der Waals surface area contributed by atoms with Gasteiger partial charge in [0.1, 0.15) is 0 Å². The van der Waals surface area contributed by atoms with Crippen molar-refractivity contribution in [1.29, 1.82) is 0 Å². The minimum Gasteiger partial charge on any atom is -0.394 e. The maximum absolute atomic E-state index is 13.2. The summed E-state index contributed by atoms with van der Waals surface area (Å²) in [6.07, 6.45) is 0.589. The number of nitrogens with one attached hydrogen (secondary N) is 1. The molecule has 3 heteroatoms. The second kappa shape index (κ2) is 7.60. The van der Waals surface area contributed by atoms with Gasteiger partial charge in [-0.3, -0.25) is 4.79 Å². The molecule has 0 spiro atoms. The highest BCUT2D eigenvalue weighted by molar-refractivity contribution is 6.18. The summed E-state index contributed by atoms with van der Waals surface area (Å²) >= 11 is 0. The molecule has 0 aliphatic carbocycles. The second-order valence-electron chi connectivity index (χ2n) is 6.74. The molecule has 4 aromatic carbocycles. The minimum absolute atomic E-state index is 0.108. The van der Waals surface area contributed by atoms with Crippen LogP contribution in [-0.4, -0.2) is 23.7 Å². The zero-order chi connectivity index (χ0) is 18.6. The first-order valence-electron chi connectivity index (χ1n) is 9.12. The van der Waals surface area contributed by atoms with Gasteiger partial charge in [-0.15, -0.1) is 0 Å². The molecule has 4 aromatic rings. The average molecular weight is 355 g/mol. The second-order valence-corrected chi connectivity index (χ2v) is 6.74. The molecular weight excluding hydrogens is 334 g/mol. The van der Waals surface area contributed by atoms with Crippen LogP contribution in [-0.2, 0) is 6.42 Å². The predicted octanol–water partition coefficient (Wildman–Crippen LogP) is 4.33. The molecule has 134 valence electrons. The molecule has 0 heterocycles. The van der Waals surface area contributed by atoms with Crippen molar-refractivity contribution in [2.45, 2.75) is 12.5 Å². The number of aliphatic hydroxyl groups is 1. The smallest absolute Gasteiger partial charge is 0.252 e. The lowest BCUT2D eigenvalue weighted by atomic mass is 9.96. The highest BCUT2D eigenvalue weighted by Crippen LogP contribution is 2.28. The fourth-order valence-corrected chi connectivity index (χ4v) is 3.58. The van der Waals surface area contributed by atoms with Gasteiger partial charge in [0.05, 0.1) is 18.2 Å². The van der Waals surface area contributed by atoms with Gasteiger partial charge >= 0.3 is 0 Å².